The Labute approximate surface area is 178 Å². The van der Waals surface area contributed by atoms with Crippen molar-refractivity contribution in [3.63, 3.8) is 0 Å². The number of nitrogens with one attached hydrogen (secondary N) is 1. The van der Waals surface area contributed by atoms with Gasteiger partial charge in [-0.05, 0) is 31.0 Å². The van der Waals surface area contributed by atoms with Crippen LogP contribution in [0.15, 0.2) is 42.5 Å². The Morgan fingerprint density at radius 2 is 1.87 bits per heavy atom. The average molecular weight is 427 g/mol. The van der Waals surface area contributed by atoms with Crippen LogP contribution in [0.2, 0.25) is 0 Å². The van der Waals surface area contributed by atoms with Gasteiger partial charge < -0.3 is 5.32 Å². The van der Waals surface area contributed by atoms with Crippen molar-refractivity contribution in [1.82, 2.24) is 10.2 Å². The number of nitrogens with zero attached hydrogens (tertiary/aromatic N) is 2. The van der Waals surface area contributed by atoms with Gasteiger partial charge in [0.2, 0.25) is 0 Å². The summed E-state index contributed by atoms with van der Waals surface area (Å²) in [5.74, 6) is -1.68. The summed E-state index contributed by atoms with van der Waals surface area (Å²) in [7, 11) is 0. The Hall–Kier alpha value is -3.62. The summed E-state index contributed by atoms with van der Waals surface area (Å²) in [5.41, 5.74) is -0.745. The molecular formula is C22H22FN3O5. The molecule has 31 heavy (non-hydrogen) atoms. The van der Waals surface area contributed by atoms with E-state index in [1.807, 2.05) is 6.92 Å². The van der Waals surface area contributed by atoms with Crippen LogP contribution in [-0.2, 0) is 10.3 Å². The maximum absolute atomic E-state index is 13.4. The number of aryl methyl sites for hydroxylation is 1. The summed E-state index contributed by atoms with van der Waals surface area (Å²) in [5, 5.41) is 13.8. The van der Waals surface area contributed by atoms with E-state index in [0.717, 1.165) is 17.4 Å². The maximum Gasteiger partial charge on any atom is 0.325 e. The number of halogens is 1. The number of hydrogen-bond acceptors (Lipinski definition) is 5. The molecule has 0 aromatic heterocycles. The van der Waals surface area contributed by atoms with E-state index in [-0.39, 0.29) is 11.3 Å². The summed E-state index contributed by atoms with van der Waals surface area (Å²) in [6.45, 7) is 2.93. The van der Waals surface area contributed by atoms with Crippen LogP contribution in [0, 0.1) is 22.9 Å². The highest BCUT2D eigenvalue weighted by Gasteiger charge is 2.52. The second-order valence-corrected chi connectivity index (χ2v) is 7.52. The van der Waals surface area contributed by atoms with Crippen LogP contribution in [-0.4, -0.2) is 34.1 Å². The first kappa shape index (κ1) is 22.1. The SMILES string of the molecule is CCCC[C@]1(c2ccc(F)cc2)NC(=O)N(CC(=O)c2ccc(C)c([N+](=O)[O-])c2)C1=O. The number of hydrogen-bond donors (Lipinski definition) is 1. The van der Waals surface area contributed by atoms with Crippen molar-refractivity contribution in [2.45, 2.75) is 38.6 Å². The first-order chi connectivity index (χ1) is 14.7. The Balaban J connectivity index is 1.90. The van der Waals surface area contributed by atoms with Gasteiger partial charge in [0.1, 0.15) is 11.4 Å². The van der Waals surface area contributed by atoms with Gasteiger partial charge in [0.05, 0.1) is 11.5 Å². The van der Waals surface area contributed by atoms with E-state index in [9.17, 15) is 28.9 Å². The zero-order chi connectivity index (χ0) is 22.8. The quantitative estimate of drug-likeness (QED) is 0.298. The third-order valence-electron chi connectivity index (χ3n) is 5.45. The highest BCUT2D eigenvalue weighted by atomic mass is 19.1. The molecule has 0 aliphatic carbocycles. The van der Waals surface area contributed by atoms with E-state index >= 15 is 0 Å². The first-order valence-corrected chi connectivity index (χ1v) is 9.88. The van der Waals surface area contributed by atoms with Crippen molar-refractivity contribution in [3.05, 3.63) is 75.1 Å². The van der Waals surface area contributed by atoms with Crippen molar-refractivity contribution >= 4 is 23.4 Å². The number of unbranched alkanes of at least 4 members (excludes halogenated alkanes) is 1. The fraction of sp³-hybridized carbons (Fsp3) is 0.318. The highest BCUT2D eigenvalue weighted by Crippen LogP contribution is 2.34. The van der Waals surface area contributed by atoms with Gasteiger partial charge in [0.25, 0.3) is 11.6 Å². The van der Waals surface area contributed by atoms with Gasteiger partial charge in [-0.3, -0.25) is 24.6 Å². The fourth-order valence-electron chi connectivity index (χ4n) is 3.67. The van der Waals surface area contributed by atoms with Gasteiger partial charge in [-0.1, -0.05) is 44.0 Å². The molecule has 1 aliphatic heterocycles. The molecule has 0 spiro atoms. The number of amides is 3. The predicted octanol–water partition coefficient (Wildman–Crippen LogP) is 3.86. The zero-order valence-electron chi connectivity index (χ0n) is 17.2. The number of nitro groups is 1. The second-order valence-electron chi connectivity index (χ2n) is 7.52. The molecule has 162 valence electrons. The summed E-state index contributed by atoms with van der Waals surface area (Å²) >= 11 is 0. The topological polar surface area (TPSA) is 110 Å². The number of carbonyl (C=O) groups is 3. The molecule has 0 saturated carbocycles. The lowest BCUT2D eigenvalue weighted by Gasteiger charge is -2.27. The van der Waals surface area contributed by atoms with E-state index in [4.69, 9.17) is 0 Å². The molecule has 1 aliphatic rings. The number of rotatable bonds is 8. The molecule has 9 heteroatoms. The molecule has 1 heterocycles. The molecule has 3 rings (SSSR count). The smallest absolute Gasteiger partial charge is 0.319 e. The van der Waals surface area contributed by atoms with E-state index in [1.54, 1.807) is 6.92 Å². The molecule has 0 radical (unpaired) electrons. The largest absolute Gasteiger partial charge is 0.325 e. The second kappa shape index (κ2) is 8.63. The Bertz CT molecular complexity index is 1050. The van der Waals surface area contributed by atoms with Gasteiger partial charge in [-0.15, -0.1) is 0 Å². The Morgan fingerprint density at radius 3 is 2.48 bits per heavy atom. The molecule has 0 unspecified atom stereocenters. The number of ketones is 1. The van der Waals surface area contributed by atoms with E-state index in [1.165, 1.54) is 36.4 Å². The fourth-order valence-corrected chi connectivity index (χ4v) is 3.67. The van der Waals surface area contributed by atoms with E-state index in [0.29, 0.717) is 24.0 Å². The molecule has 2 aromatic carbocycles. The normalized spacial score (nSPS) is 18.2. The minimum absolute atomic E-state index is 0.0331. The molecule has 2 aromatic rings. The standard InChI is InChI=1S/C22H22FN3O5/c1-3-4-11-22(16-7-9-17(23)10-8-16)20(28)25(21(29)24-22)13-19(27)15-6-5-14(2)18(12-15)26(30)31/h5-10,12H,3-4,11,13H2,1-2H3,(H,24,29)/t22-/m1/s1. The lowest BCUT2D eigenvalue weighted by atomic mass is 9.84. The van der Waals surface area contributed by atoms with E-state index < -0.39 is 40.5 Å². The minimum atomic E-state index is -1.39. The van der Waals surface area contributed by atoms with Gasteiger partial charge in [0.15, 0.2) is 5.78 Å². The molecule has 0 bridgehead atoms. The summed E-state index contributed by atoms with van der Waals surface area (Å²) in [6.07, 6.45) is 1.67. The van der Waals surface area contributed by atoms with Crippen LogP contribution < -0.4 is 5.32 Å². The van der Waals surface area contributed by atoms with Crippen LogP contribution in [0.5, 0.6) is 0 Å². The van der Waals surface area contributed by atoms with Crippen molar-refractivity contribution in [2.75, 3.05) is 6.54 Å². The lowest BCUT2D eigenvalue weighted by Crippen LogP contribution is -2.44. The Morgan fingerprint density at radius 1 is 1.19 bits per heavy atom. The van der Waals surface area contributed by atoms with Gasteiger partial charge in [-0.2, -0.15) is 0 Å². The molecule has 8 nitrogen and oxygen atoms in total. The molecule has 1 saturated heterocycles. The lowest BCUT2D eigenvalue weighted by molar-refractivity contribution is -0.385. The number of urea groups is 1. The van der Waals surface area contributed by atoms with E-state index in [2.05, 4.69) is 5.32 Å². The minimum Gasteiger partial charge on any atom is -0.319 e. The number of carbonyl (C=O) groups excluding carboxylic acids is 3. The van der Waals surface area contributed by atoms with Crippen LogP contribution in [0.4, 0.5) is 14.9 Å². The van der Waals surface area contributed by atoms with Crippen molar-refractivity contribution in [1.29, 1.82) is 0 Å². The summed E-state index contributed by atoms with van der Waals surface area (Å²) in [4.78, 5) is 50.1. The number of nitro benzene ring substituents is 1. The Kier molecular flexibility index (Phi) is 6.14. The third-order valence-corrected chi connectivity index (χ3v) is 5.45. The molecule has 1 fully saturated rings. The van der Waals surface area contributed by atoms with Gasteiger partial charge >= 0.3 is 6.03 Å². The van der Waals surface area contributed by atoms with Crippen LogP contribution in [0.25, 0.3) is 0 Å². The monoisotopic (exact) mass is 427 g/mol. The molecule has 3 amide bonds. The third kappa shape index (κ3) is 4.16. The average Bonchev–Trinajstić information content (AvgIpc) is 2.97. The van der Waals surface area contributed by atoms with Crippen LogP contribution in [0.3, 0.4) is 0 Å². The van der Waals surface area contributed by atoms with Gasteiger partial charge in [-0.25, -0.2) is 9.18 Å². The predicted molar refractivity (Wildman–Crippen MR) is 110 cm³/mol. The van der Waals surface area contributed by atoms with Crippen molar-refractivity contribution in [2.24, 2.45) is 0 Å². The zero-order valence-corrected chi connectivity index (χ0v) is 17.2. The van der Waals surface area contributed by atoms with Crippen LogP contribution >= 0.6 is 0 Å². The number of Topliss-reactive ketones (excluding diaryl/α,β-unsaturated/α-hetero) is 1. The summed E-state index contributed by atoms with van der Waals surface area (Å²) in [6, 6.07) is 8.58. The number of imide groups is 1. The maximum atomic E-state index is 13.4. The highest BCUT2D eigenvalue weighted by molar-refractivity contribution is 6.11. The number of benzene rings is 2. The molecular weight excluding hydrogens is 405 g/mol. The molecule has 1 N–H and O–H groups in total. The molecule has 1 atom stereocenters. The van der Waals surface area contributed by atoms with Gasteiger partial charge in [0, 0.05) is 17.2 Å². The van der Waals surface area contributed by atoms with Crippen molar-refractivity contribution < 1.29 is 23.7 Å². The van der Waals surface area contributed by atoms with Crippen LogP contribution in [0.1, 0.15) is 47.7 Å². The van der Waals surface area contributed by atoms with Crippen molar-refractivity contribution in [3.8, 4) is 0 Å². The first-order valence-electron chi connectivity index (χ1n) is 9.88. The summed E-state index contributed by atoms with van der Waals surface area (Å²) < 4.78 is 13.4.